The molecule has 0 spiro atoms. The highest BCUT2D eigenvalue weighted by Gasteiger charge is 2.16. The maximum atomic E-state index is 6.31. The molecule has 3 rings (SSSR count). The minimum absolute atomic E-state index is 0.297. The zero-order chi connectivity index (χ0) is 12.9. The third-order valence-electron chi connectivity index (χ3n) is 2.96. The Hall–Kier alpha value is -0.660. The Bertz CT molecular complexity index is 778. The van der Waals surface area contributed by atoms with Gasteiger partial charge in [0.1, 0.15) is 0 Å². The minimum Gasteiger partial charge on any atom is -0.0820 e. The van der Waals surface area contributed by atoms with E-state index in [0.717, 1.165) is 21.5 Å². The van der Waals surface area contributed by atoms with Crippen molar-refractivity contribution < 1.29 is 0 Å². The molecule has 0 aliphatic rings. The molecule has 0 saturated heterocycles. The van der Waals surface area contributed by atoms with E-state index in [4.69, 9.17) is 46.4 Å². The highest BCUT2D eigenvalue weighted by atomic mass is 35.5. The first-order valence-electron chi connectivity index (χ1n) is 5.24. The summed E-state index contributed by atoms with van der Waals surface area (Å²) in [6.07, 6.45) is 0. The average Bonchev–Trinajstić information content (AvgIpc) is 2.41. The lowest BCUT2D eigenvalue weighted by Crippen LogP contribution is -1.83. The molecule has 3 aromatic carbocycles. The summed E-state index contributed by atoms with van der Waals surface area (Å²) in [5.74, 6) is 0. The van der Waals surface area contributed by atoms with Crippen molar-refractivity contribution in [1.29, 1.82) is 0 Å². The Morgan fingerprint density at radius 1 is 0.556 bits per heavy atom. The van der Waals surface area contributed by atoms with Gasteiger partial charge in [0, 0.05) is 10.8 Å². The summed E-state index contributed by atoms with van der Waals surface area (Å²) >= 11 is 24.7. The van der Waals surface area contributed by atoms with Crippen molar-refractivity contribution in [3.05, 3.63) is 56.5 Å². The molecule has 0 unspecified atom stereocenters. The van der Waals surface area contributed by atoms with E-state index in [-0.39, 0.29) is 0 Å². The Labute approximate surface area is 124 Å². The van der Waals surface area contributed by atoms with Crippen LogP contribution in [-0.2, 0) is 0 Å². The predicted octanol–water partition coefficient (Wildman–Crippen LogP) is 6.61. The van der Waals surface area contributed by atoms with Crippen LogP contribution in [0.4, 0.5) is 0 Å². The molecule has 0 aromatic heterocycles. The summed E-state index contributed by atoms with van der Waals surface area (Å²) in [7, 11) is 0. The quantitative estimate of drug-likeness (QED) is 0.249. The van der Waals surface area contributed by atoms with Gasteiger partial charge in [-0.15, -0.1) is 0 Å². The number of hydrogen-bond acceptors (Lipinski definition) is 0. The van der Waals surface area contributed by atoms with E-state index in [0.29, 0.717) is 20.1 Å². The topological polar surface area (TPSA) is 0 Å². The molecule has 0 heterocycles. The first kappa shape index (κ1) is 12.4. The highest BCUT2D eigenvalue weighted by molar-refractivity contribution is 6.56. The van der Waals surface area contributed by atoms with Crippen molar-refractivity contribution in [2.45, 2.75) is 0 Å². The molecular formula is C14H6Cl4. The number of hydrogen-bond donors (Lipinski definition) is 0. The van der Waals surface area contributed by atoms with Crippen molar-refractivity contribution in [2.75, 3.05) is 0 Å². The Balaban J connectivity index is 2.66. The first-order chi connectivity index (χ1) is 8.61. The second-order valence-corrected chi connectivity index (χ2v) is 5.48. The van der Waals surface area contributed by atoms with Crippen LogP contribution in [0.5, 0.6) is 0 Å². The van der Waals surface area contributed by atoms with E-state index in [2.05, 4.69) is 0 Å². The van der Waals surface area contributed by atoms with E-state index in [1.54, 1.807) is 0 Å². The summed E-state index contributed by atoms with van der Waals surface area (Å²) in [4.78, 5) is 0. The molecule has 0 atom stereocenters. The second-order valence-electron chi connectivity index (χ2n) is 3.97. The van der Waals surface area contributed by atoms with E-state index < -0.39 is 0 Å². The summed E-state index contributed by atoms with van der Waals surface area (Å²) in [6, 6.07) is 11.8. The Morgan fingerprint density at radius 3 is 2.00 bits per heavy atom. The van der Waals surface area contributed by atoms with E-state index in [1.165, 1.54) is 0 Å². The molecule has 4 heteroatoms. The summed E-state index contributed by atoms with van der Waals surface area (Å²) in [5.41, 5.74) is 0. The van der Waals surface area contributed by atoms with Crippen LogP contribution in [0.25, 0.3) is 21.5 Å². The molecule has 0 bridgehead atoms. The molecule has 0 N–H and O–H groups in total. The van der Waals surface area contributed by atoms with E-state index in [9.17, 15) is 0 Å². The zero-order valence-electron chi connectivity index (χ0n) is 8.98. The fourth-order valence-electron chi connectivity index (χ4n) is 2.11. The van der Waals surface area contributed by atoms with Gasteiger partial charge >= 0.3 is 0 Å². The van der Waals surface area contributed by atoms with Gasteiger partial charge in [-0.2, -0.15) is 0 Å². The van der Waals surface area contributed by atoms with Crippen LogP contribution in [0.2, 0.25) is 20.1 Å². The largest absolute Gasteiger partial charge is 0.0820 e. The molecule has 90 valence electrons. The van der Waals surface area contributed by atoms with Gasteiger partial charge in [-0.25, -0.2) is 0 Å². The lowest BCUT2D eigenvalue weighted by molar-refractivity contribution is 1.75. The summed E-state index contributed by atoms with van der Waals surface area (Å²) in [5, 5.41) is 5.23. The third-order valence-corrected chi connectivity index (χ3v) is 4.78. The summed E-state index contributed by atoms with van der Waals surface area (Å²) < 4.78 is 0. The number of rotatable bonds is 0. The highest BCUT2D eigenvalue weighted by Crippen LogP contribution is 2.45. The summed E-state index contributed by atoms with van der Waals surface area (Å²) in [6.45, 7) is 0. The molecule has 0 aliphatic heterocycles. The van der Waals surface area contributed by atoms with Gasteiger partial charge in [0.05, 0.1) is 20.1 Å². The molecule has 0 saturated carbocycles. The molecular weight excluding hydrogens is 310 g/mol. The van der Waals surface area contributed by atoms with Gasteiger partial charge < -0.3 is 0 Å². The van der Waals surface area contributed by atoms with Crippen molar-refractivity contribution >= 4 is 67.9 Å². The van der Waals surface area contributed by atoms with Crippen LogP contribution in [-0.4, -0.2) is 0 Å². The van der Waals surface area contributed by atoms with Gasteiger partial charge in [-0.1, -0.05) is 82.8 Å². The number of halogens is 4. The van der Waals surface area contributed by atoms with Crippen molar-refractivity contribution in [2.24, 2.45) is 0 Å². The zero-order valence-corrected chi connectivity index (χ0v) is 12.0. The van der Waals surface area contributed by atoms with Crippen LogP contribution in [0, 0.1) is 0 Å². The normalized spacial score (nSPS) is 11.3. The van der Waals surface area contributed by atoms with Gasteiger partial charge in [-0.05, 0) is 10.8 Å². The van der Waals surface area contributed by atoms with Gasteiger partial charge in [0.25, 0.3) is 0 Å². The first-order valence-corrected chi connectivity index (χ1v) is 6.76. The van der Waals surface area contributed by atoms with Crippen molar-refractivity contribution in [3.63, 3.8) is 0 Å². The monoisotopic (exact) mass is 314 g/mol. The standard InChI is InChI=1S/C14H6Cl4/c15-11-9-6-5-7-3-1-2-4-8(7)10(9)12(16)14(18)13(11)17/h1-6H. The van der Waals surface area contributed by atoms with Crippen LogP contribution < -0.4 is 0 Å². The fourth-order valence-corrected chi connectivity index (χ4v) is 3.14. The van der Waals surface area contributed by atoms with Gasteiger partial charge in [0.15, 0.2) is 0 Å². The molecule has 0 nitrogen and oxygen atoms in total. The van der Waals surface area contributed by atoms with Crippen LogP contribution in [0.1, 0.15) is 0 Å². The third kappa shape index (κ3) is 1.68. The Kier molecular flexibility index (Phi) is 3.07. The van der Waals surface area contributed by atoms with Crippen molar-refractivity contribution in [1.82, 2.24) is 0 Å². The minimum atomic E-state index is 0.297. The van der Waals surface area contributed by atoms with Crippen LogP contribution in [0.3, 0.4) is 0 Å². The van der Waals surface area contributed by atoms with E-state index in [1.807, 2.05) is 36.4 Å². The molecule has 3 aromatic rings. The smallest absolute Gasteiger partial charge is 0.0800 e. The maximum absolute atomic E-state index is 6.31. The van der Waals surface area contributed by atoms with Crippen molar-refractivity contribution in [3.8, 4) is 0 Å². The van der Waals surface area contributed by atoms with Crippen LogP contribution in [0.15, 0.2) is 36.4 Å². The number of fused-ring (bicyclic) bond motifs is 3. The van der Waals surface area contributed by atoms with Crippen LogP contribution >= 0.6 is 46.4 Å². The Morgan fingerprint density at radius 2 is 1.22 bits per heavy atom. The average molecular weight is 316 g/mol. The lowest BCUT2D eigenvalue weighted by atomic mass is 10.0. The maximum Gasteiger partial charge on any atom is 0.0800 e. The molecule has 0 fully saturated rings. The molecule has 0 radical (unpaired) electrons. The predicted molar refractivity (Wildman–Crippen MR) is 81.5 cm³/mol. The second kappa shape index (κ2) is 4.47. The molecule has 18 heavy (non-hydrogen) atoms. The molecule has 0 amide bonds. The lowest BCUT2D eigenvalue weighted by Gasteiger charge is -2.11. The fraction of sp³-hybridized carbons (Fsp3) is 0. The molecule has 0 aliphatic carbocycles. The number of benzene rings is 3. The van der Waals surface area contributed by atoms with E-state index >= 15 is 0 Å². The van der Waals surface area contributed by atoms with Gasteiger partial charge in [0.2, 0.25) is 0 Å². The van der Waals surface area contributed by atoms with Gasteiger partial charge in [-0.3, -0.25) is 0 Å². The SMILES string of the molecule is Clc1c(Cl)c(Cl)c2c(ccc3ccccc32)c1Cl.